The van der Waals surface area contributed by atoms with Crippen LogP contribution in [-0.4, -0.2) is 70.0 Å². The topological polar surface area (TPSA) is 111 Å². The van der Waals surface area contributed by atoms with Crippen molar-refractivity contribution in [1.82, 2.24) is 0 Å². The summed E-state index contributed by atoms with van der Waals surface area (Å²) in [7, 11) is 1.19. The summed E-state index contributed by atoms with van der Waals surface area (Å²) in [6.45, 7) is 4.33. The number of rotatable bonds is 81. The van der Waals surface area contributed by atoms with Gasteiger partial charge in [-0.3, -0.25) is 14.2 Å². The molecule has 2 atom stereocenters. The standard InChI is InChI=1S/C85H166NO8P/c1-6-8-10-12-14-16-18-20-22-24-26-28-30-32-34-36-38-39-40-41-42-43-44-45-46-48-49-51-53-55-57-59-61-63-65-67-69-71-73-75-77-84(87)91-81-83(82-93-95(89,90)92-80-79-86(3,4)5)94-85(88)78-76-74-72-70-68-66-64-62-60-58-56-54-52-50-47-37-35-33-31-29-27-25-23-21-19-17-15-13-11-9-7-2/h19,21,25,27,83H,6-18,20,22-24,26,28-82H2,1-5H3/b21-19-,27-25-. The number of allylic oxidation sites excluding steroid dienone is 4. The van der Waals surface area contributed by atoms with Gasteiger partial charge in [-0.05, 0) is 44.9 Å². The van der Waals surface area contributed by atoms with Gasteiger partial charge in [0.25, 0.3) is 7.82 Å². The van der Waals surface area contributed by atoms with Gasteiger partial charge in [0.1, 0.15) is 19.8 Å². The number of unbranched alkanes of at least 4 members (excludes halogenated alkanes) is 63. The molecule has 0 amide bonds. The largest absolute Gasteiger partial charge is 0.756 e. The molecule has 0 bridgehead atoms. The molecular weight excluding hydrogens is 1190 g/mol. The Hall–Kier alpha value is -1.51. The van der Waals surface area contributed by atoms with Gasteiger partial charge >= 0.3 is 11.9 Å². The van der Waals surface area contributed by atoms with E-state index in [0.29, 0.717) is 17.4 Å². The lowest BCUT2D eigenvalue weighted by Gasteiger charge is -2.28. The van der Waals surface area contributed by atoms with Crippen LogP contribution in [0.5, 0.6) is 0 Å². The fourth-order valence-corrected chi connectivity index (χ4v) is 14.0. The fraction of sp³-hybridized carbons (Fsp3) is 0.929. The van der Waals surface area contributed by atoms with Crippen molar-refractivity contribution in [3.63, 3.8) is 0 Å². The number of phosphoric acid groups is 1. The number of esters is 2. The number of phosphoric ester groups is 1. The van der Waals surface area contributed by atoms with E-state index in [1.54, 1.807) is 0 Å². The third-order valence-electron chi connectivity index (χ3n) is 19.7. The first-order valence-corrected chi connectivity index (χ1v) is 44.0. The van der Waals surface area contributed by atoms with Crippen molar-refractivity contribution >= 4 is 19.8 Å². The molecular formula is C85H166NO8P. The Bertz CT molecular complexity index is 1650. The molecule has 9 nitrogen and oxygen atoms in total. The minimum Gasteiger partial charge on any atom is -0.756 e. The third kappa shape index (κ3) is 81.3. The van der Waals surface area contributed by atoms with Crippen LogP contribution >= 0.6 is 7.82 Å². The Morgan fingerprint density at radius 3 is 0.832 bits per heavy atom. The van der Waals surface area contributed by atoms with Gasteiger partial charge in [-0.2, -0.15) is 0 Å². The molecule has 0 spiro atoms. The highest BCUT2D eigenvalue weighted by Crippen LogP contribution is 2.38. The SMILES string of the molecule is CCCCCCC/C=C\C/C=C\CCCCCCCCCCCCCCCCCCCCCC(=O)OC(COC(=O)CCCCCCCCCCCCCCCCCCCCCCCCCCCCCCCCCCCCCCCCCC)COP(=O)([O-])OCC[N+](C)(C)C. The Labute approximate surface area is 593 Å². The van der Waals surface area contributed by atoms with Gasteiger partial charge in [-0.15, -0.1) is 0 Å². The van der Waals surface area contributed by atoms with Crippen molar-refractivity contribution in [3.05, 3.63) is 24.3 Å². The Morgan fingerprint density at radius 2 is 0.568 bits per heavy atom. The molecule has 0 aromatic heterocycles. The van der Waals surface area contributed by atoms with Crippen LogP contribution in [0.4, 0.5) is 0 Å². The van der Waals surface area contributed by atoms with Crippen molar-refractivity contribution < 1.29 is 42.1 Å². The first-order valence-electron chi connectivity index (χ1n) is 42.5. The summed E-state index contributed by atoms with van der Waals surface area (Å²) >= 11 is 0. The summed E-state index contributed by atoms with van der Waals surface area (Å²) < 4.78 is 34.5. The highest BCUT2D eigenvalue weighted by molar-refractivity contribution is 7.45. The second-order valence-corrected chi connectivity index (χ2v) is 32.0. The van der Waals surface area contributed by atoms with Crippen molar-refractivity contribution in [2.24, 2.45) is 0 Å². The summed E-state index contributed by atoms with van der Waals surface area (Å²) in [5.74, 6) is -0.804. The highest BCUT2D eigenvalue weighted by Gasteiger charge is 2.22. The van der Waals surface area contributed by atoms with Crippen LogP contribution in [0.3, 0.4) is 0 Å². The molecule has 0 saturated heterocycles. The van der Waals surface area contributed by atoms with Gasteiger partial charge in [-0.1, -0.05) is 423 Å². The molecule has 0 aliphatic carbocycles. The van der Waals surface area contributed by atoms with Crippen molar-refractivity contribution in [2.45, 2.75) is 463 Å². The van der Waals surface area contributed by atoms with Gasteiger partial charge < -0.3 is 27.9 Å². The van der Waals surface area contributed by atoms with E-state index in [2.05, 4.69) is 38.2 Å². The van der Waals surface area contributed by atoms with E-state index in [9.17, 15) is 19.0 Å². The first-order chi connectivity index (χ1) is 46.5. The maximum atomic E-state index is 12.9. The van der Waals surface area contributed by atoms with Crippen molar-refractivity contribution in [3.8, 4) is 0 Å². The number of ether oxygens (including phenoxy) is 2. The van der Waals surface area contributed by atoms with Crippen molar-refractivity contribution in [2.75, 3.05) is 47.5 Å². The quantitative estimate of drug-likeness (QED) is 0.0195. The van der Waals surface area contributed by atoms with Crippen LogP contribution in [0, 0.1) is 0 Å². The third-order valence-corrected chi connectivity index (χ3v) is 20.7. The Kier molecular flexibility index (Phi) is 75.4. The average molecular weight is 1360 g/mol. The van der Waals surface area contributed by atoms with Gasteiger partial charge in [-0.25, -0.2) is 0 Å². The van der Waals surface area contributed by atoms with E-state index in [1.165, 1.54) is 385 Å². The molecule has 0 aliphatic heterocycles. The zero-order valence-corrected chi connectivity index (χ0v) is 65.6. The second-order valence-electron chi connectivity index (χ2n) is 30.6. The molecule has 2 unspecified atom stereocenters. The number of hydrogen-bond donors (Lipinski definition) is 0. The molecule has 0 aromatic carbocycles. The van der Waals surface area contributed by atoms with Crippen molar-refractivity contribution in [1.29, 1.82) is 0 Å². The molecule has 0 saturated carbocycles. The van der Waals surface area contributed by atoms with E-state index in [4.69, 9.17) is 18.5 Å². The molecule has 0 fully saturated rings. The van der Waals surface area contributed by atoms with Crippen LogP contribution in [0.2, 0.25) is 0 Å². The predicted octanol–water partition coefficient (Wildman–Crippen LogP) is 27.7. The number of likely N-dealkylation sites (N-methyl/N-ethyl adjacent to an activating group) is 1. The van der Waals surface area contributed by atoms with Crippen LogP contribution in [0.25, 0.3) is 0 Å². The zero-order chi connectivity index (χ0) is 69.0. The number of nitrogens with zero attached hydrogens (tertiary/aromatic N) is 1. The normalized spacial score (nSPS) is 13.0. The molecule has 0 aliphatic rings. The summed E-state index contributed by atoms with van der Waals surface area (Å²) in [6.07, 6.45) is 99.1. The number of hydrogen-bond acceptors (Lipinski definition) is 8. The van der Waals surface area contributed by atoms with Gasteiger partial charge in [0.05, 0.1) is 27.7 Å². The molecule has 10 heteroatoms. The van der Waals surface area contributed by atoms with E-state index in [-0.39, 0.29) is 32.0 Å². The van der Waals surface area contributed by atoms with Gasteiger partial charge in [0.2, 0.25) is 0 Å². The lowest BCUT2D eigenvalue weighted by Crippen LogP contribution is -2.37. The second kappa shape index (κ2) is 76.7. The molecule has 0 aromatic rings. The molecule has 564 valence electrons. The summed E-state index contributed by atoms with van der Waals surface area (Å²) in [6, 6.07) is 0. The van der Waals surface area contributed by atoms with Gasteiger partial charge in [0, 0.05) is 12.8 Å². The molecule has 95 heavy (non-hydrogen) atoms. The monoisotopic (exact) mass is 1360 g/mol. The Morgan fingerprint density at radius 1 is 0.326 bits per heavy atom. The van der Waals surface area contributed by atoms with E-state index < -0.39 is 26.5 Å². The zero-order valence-electron chi connectivity index (χ0n) is 64.7. The van der Waals surface area contributed by atoms with Crippen LogP contribution in [0.15, 0.2) is 24.3 Å². The minimum absolute atomic E-state index is 0.0265. The molecule has 0 radical (unpaired) electrons. The van der Waals surface area contributed by atoms with Crippen LogP contribution in [0.1, 0.15) is 457 Å². The minimum atomic E-state index is -4.64. The van der Waals surface area contributed by atoms with Gasteiger partial charge in [0.15, 0.2) is 6.10 Å². The number of quaternary nitrogens is 1. The van der Waals surface area contributed by atoms with E-state index in [0.717, 1.165) is 38.5 Å². The first kappa shape index (κ1) is 93.5. The van der Waals surface area contributed by atoms with Crippen LogP contribution in [-0.2, 0) is 32.7 Å². The lowest BCUT2D eigenvalue weighted by molar-refractivity contribution is -0.870. The number of carbonyl (C=O) groups is 2. The maximum Gasteiger partial charge on any atom is 0.306 e. The summed E-state index contributed by atoms with van der Waals surface area (Å²) in [5, 5.41) is 0. The Balaban J connectivity index is 3.85. The number of carbonyl (C=O) groups excluding carboxylic acids is 2. The maximum absolute atomic E-state index is 12.9. The summed E-state index contributed by atoms with van der Waals surface area (Å²) in [4.78, 5) is 38.2. The molecule has 0 heterocycles. The summed E-state index contributed by atoms with van der Waals surface area (Å²) in [5.41, 5.74) is 0. The van der Waals surface area contributed by atoms with E-state index >= 15 is 0 Å². The molecule has 0 N–H and O–H groups in total. The van der Waals surface area contributed by atoms with Crippen LogP contribution < -0.4 is 4.89 Å². The fourth-order valence-electron chi connectivity index (χ4n) is 13.2. The van der Waals surface area contributed by atoms with E-state index in [1.807, 2.05) is 21.1 Å². The smallest absolute Gasteiger partial charge is 0.306 e. The molecule has 0 rings (SSSR count). The lowest BCUT2D eigenvalue weighted by atomic mass is 10.0. The predicted molar refractivity (Wildman–Crippen MR) is 411 cm³/mol. The highest BCUT2D eigenvalue weighted by atomic mass is 31.2. The average Bonchev–Trinajstić information content (AvgIpc) is 2.29.